The smallest absolute Gasteiger partial charge is 0.131 e. The molecule has 14 heavy (non-hydrogen) atoms. The van der Waals surface area contributed by atoms with Gasteiger partial charge in [-0.25, -0.2) is 9.78 Å². The van der Waals surface area contributed by atoms with Crippen LogP contribution in [0.3, 0.4) is 0 Å². The van der Waals surface area contributed by atoms with Crippen LogP contribution < -0.4 is 12.4 Å². The van der Waals surface area contributed by atoms with Crippen molar-refractivity contribution in [3.05, 3.63) is 0 Å². The monoisotopic (exact) mass is 229 g/mol. The van der Waals surface area contributed by atoms with E-state index in [0.717, 1.165) is 11.0 Å². The van der Waals surface area contributed by atoms with Gasteiger partial charge in [0.2, 0.25) is 0 Å². The summed E-state index contributed by atoms with van der Waals surface area (Å²) in [4.78, 5) is 9.46. The first-order valence-corrected chi connectivity index (χ1v) is 4.29. The molecule has 88 valence electrons. The Kier molecular flexibility index (Phi) is 9.91. The van der Waals surface area contributed by atoms with Gasteiger partial charge in [0.1, 0.15) is 25.9 Å². The van der Waals surface area contributed by atoms with Crippen molar-refractivity contribution >= 4 is 0 Å². The summed E-state index contributed by atoms with van der Waals surface area (Å²) in [5.74, 6) is 0. The minimum absolute atomic E-state index is 0. The number of halogens is 1. The fourth-order valence-corrected chi connectivity index (χ4v) is 0.549. The predicted molar refractivity (Wildman–Crippen MR) is 47.9 cm³/mol. The highest BCUT2D eigenvalue weighted by atomic mass is 35.5. The van der Waals surface area contributed by atoms with Crippen LogP contribution in [0.2, 0.25) is 0 Å². The minimum atomic E-state index is -0.857. The minimum Gasteiger partial charge on any atom is -1.00 e. The predicted octanol–water partition coefficient (Wildman–Crippen LogP) is -4.00. The molecule has 0 amide bonds. The summed E-state index contributed by atoms with van der Waals surface area (Å²) < 4.78 is 0.798. The molecule has 0 aliphatic carbocycles. The van der Waals surface area contributed by atoms with Crippen molar-refractivity contribution < 1.29 is 36.9 Å². The zero-order valence-electron chi connectivity index (χ0n) is 8.94. The van der Waals surface area contributed by atoms with Crippen molar-refractivity contribution in [1.29, 1.82) is 0 Å². The topological polar surface area (TPSA) is 58.9 Å². The summed E-state index contributed by atoms with van der Waals surface area (Å²) in [7, 11) is 6.14. The molecule has 1 atom stereocenters. The second kappa shape index (κ2) is 8.40. The van der Waals surface area contributed by atoms with Gasteiger partial charge in [0.15, 0.2) is 0 Å². The van der Waals surface area contributed by atoms with Gasteiger partial charge in [-0.05, 0) is 0 Å². The molecule has 6 heteroatoms. The number of likely N-dealkylation sites (N-methyl/N-ethyl adjacent to an activating group) is 1. The Labute approximate surface area is 91.2 Å². The Morgan fingerprint density at radius 3 is 2.21 bits per heavy atom. The fourth-order valence-electron chi connectivity index (χ4n) is 0.549. The van der Waals surface area contributed by atoms with E-state index < -0.39 is 6.10 Å². The van der Waals surface area contributed by atoms with Gasteiger partial charge in [0.05, 0.1) is 27.7 Å². The first kappa shape index (κ1) is 16.5. The third-order valence-corrected chi connectivity index (χ3v) is 1.40. The van der Waals surface area contributed by atoms with E-state index in [9.17, 15) is 0 Å². The van der Waals surface area contributed by atoms with E-state index >= 15 is 0 Å². The molecule has 0 saturated heterocycles. The first-order valence-electron chi connectivity index (χ1n) is 4.29. The zero-order valence-corrected chi connectivity index (χ0v) is 9.70. The van der Waals surface area contributed by atoms with Crippen LogP contribution in [0.1, 0.15) is 0 Å². The normalized spacial score (nSPS) is 13.5. The molecule has 5 nitrogen and oxygen atoms in total. The maximum absolute atomic E-state index is 8.86. The van der Waals surface area contributed by atoms with Crippen LogP contribution in [-0.4, -0.2) is 68.3 Å². The lowest BCUT2D eigenvalue weighted by Gasteiger charge is -2.23. The lowest BCUT2D eigenvalue weighted by Crippen LogP contribution is -3.00. The van der Waals surface area contributed by atoms with E-state index in [-0.39, 0.29) is 25.6 Å². The third-order valence-electron chi connectivity index (χ3n) is 1.40. The average molecular weight is 230 g/mol. The second-order valence-corrected chi connectivity index (χ2v) is 3.96. The molecule has 0 aliphatic heterocycles. The molecule has 0 radical (unpaired) electrons. The van der Waals surface area contributed by atoms with Crippen molar-refractivity contribution in [2.45, 2.75) is 6.10 Å². The highest BCUT2D eigenvalue weighted by Crippen LogP contribution is 1.91. The molecule has 0 aromatic rings. The van der Waals surface area contributed by atoms with Crippen LogP contribution in [0.25, 0.3) is 0 Å². The quantitative estimate of drug-likeness (QED) is 0.202. The lowest BCUT2D eigenvalue weighted by molar-refractivity contribution is -0.871. The van der Waals surface area contributed by atoms with Gasteiger partial charge in [0.25, 0.3) is 0 Å². The molecular formula is C8H20ClNO4. The van der Waals surface area contributed by atoms with Crippen molar-refractivity contribution in [2.75, 3.05) is 47.5 Å². The summed E-state index contributed by atoms with van der Waals surface area (Å²) in [6, 6.07) is 0. The number of rotatable bonds is 7. The number of hydrogen-bond acceptors (Lipinski definition) is 4. The van der Waals surface area contributed by atoms with E-state index in [0.29, 0.717) is 6.61 Å². The molecule has 0 aromatic carbocycles. The molecule has 1 unspecified atom stereocenters. The van der Waals surface area contributed by atoms with Crippen molar-refractivity contribution in [2.24, 2.45) is 0 Å². The lowest BCUT2D eigenvalue weighted by atomic mass is 10.4. The number of aliphatic hydroxyl groups is 2. The van der Waals surface area contributed by atoms with E-state index in [1.165, 1.54) is 0 Å². The van der Waals surface area contributed by atoms with E-state index in [1.54, 1.807) is 0 Å². The van der Waals surface area contributed by atoms with Crippen LogP contribution in [0, 0.1) is 0 Å². The molecule has 0 spiro atoms. The highest BCUT2D eigenvalue weighted by molar-refractivity contribution is 4.45. The summed E-state index contributed by atoms with van der Waals surface area (Å²) >= 11 is 0. The molecule has 0 heterocycles. The highest BCUT2D eigenvalue weighted by Gasteiger charge is 2.07. The van der Waals surface area contributed by atoms with Gasteiger partial charge in [0, 0.05) is 0 Å². The van der Waals surface area contributed by atoms with Gasteiger partial charge in [-0.15, -0.1) is 0 Å². The van der Waals surface area contributed by atoms with Crippen LogP contribution in [0.5, 0.6) is 0 Å². The van der Waals surface area contributed by atoms with Crippen molar-refractivity contribution in [3.8, 4) is 0 Å². The fraction of sp³-hybridized carbons (Fsp3) is 1.00. The number of hydrogen-bond donors (Lipinski definition) is 2. The molecule has 2 N–H and O–H groups in total. The average Bonchev–Trinajstić information content (AvgIpc) is 2.01. The number of nitrogens with zero attached hydrogens (tertiary/aromatic N) is 1. The number of quaternary nitrogens is 1. The van der Waals surface area contributed by atoms with Gasteiger partial charge in [-0.2, -0.15) is 0 Å². The Bertz CT molecular complexity index is 129. The van der Waals surface area contributed by atoms with Crippen LogP contribution in [0.15, 0.2) is 0 Å². The Hall–Kier alpha value is 0.0900. The van der Waals surface area contributed by atoms with Crippen LogP contribution >= 0.6 is 0 Å². The van der Waals surface area contributed by atoms with Gasteiger partial charge in [-0.1, -0.05) is 0 Å². The summed E-state index contributed by atoms with van der Waals surface area (Å²) in [6.07, 6.45) is -0.857. The molecule has 0 aromatic heterocycles. The molecule has 0 aliphatic rings. The van der Waals surface area contributed by atoms with E-state index in [2.05, 4.69) is 4.89 Å². The summed E-state index contributed by atoms with van der Waals surface area (Å²) in [5, 5.41) is 17.3. The summed E-state index contributed by atoms with van der Waals surface area (Å²) in [5.41, 5.74) is 0. The van der Waals surface area contributed by atoms with Crippen LogP contribution in [-0.2, 0) is 9.78 Å². The third kappa shape index (κ3) is 12.1. The molecule has 0 rings (SSSR count). The zero-order chi connectivity index (χ0) is 10.3. The number of aliphatic hydroxyl groups excluding tert-OH is 2. The van der Waals surface area contributed by atoms with Crippen LogP contribution in [0.4, 0.5) is 0 Å². The molecule has 0 fully saturated rings. The van der Waals surface area contributed by atoms with Crippen molar-refractivity contribution in [3.63, 3.8) is 0 Å². The van der Waals surface area contributed by atoms with E-state index in [1.807, 2.05) is 21.1 Å². The first-order chi connectivity index (χ1) is 5.95. The molecular weight excluding hydrogens is 210 g/mol. The maximum Gasteiger partial charge on any atom is 0.131 e. The largest absolute Gasteiger partial charge is 1.00 e. The molecule has 0 bridgehead atoms. The Morgan fingerprint density at radius 2 is 1.79 bits per heavy atom. The van der Waals surface area contributed by atoms with Gasteiger partial charge in [-0.3, -0.25) is 0 Å². The standard InChI is InChI=1S/C8H20NO4.ClH/c1-9(2,3)4-5-12-13-7-8(11)6-10;/h8,10-11H,4-7H2,1-3H3;1H/q+1;/p-1. The Balaban J connectivity index is 0. The maximum atomic E-state index is 8.86. The molecule has 0 saturated carbocycles. The van der Waals surface area contributed by atoms with Gasteiger partial charge >= 0.3 is 0 Å². The Morgan fingerprint density at radius 1 is 1.21 bits per heavy atom. The summed E-state index contributed by atoms with van der Waals surface area (Å²) in [6.45, 7) is 1.00. The van der Waals surface area contributed by atoms with E-state index in [4.69, 9.17) is 15.1 Å². The SMILES string of the molecule is C[N+](C)(C)CCOOCC(O)CO.[Cl-]. The van der Waals surface area contributed by atoms with Gasteiger partial charge < -0.3 is 27.1 Å². The second-order valence-electron chi connectivity index (χ2n) is 3.96. The van der Waals surface area contributed by atoms with Crippen molar-refractivity contribution in [1.82, 2.24) is 0 Å².